The van der Waals surface area contributed by atoms with Crippen molar-refractivity contribution in [1.29, 1.82) is 0 Å². The summed E-state index contributed by atoms with van der Waals surface area (Å²) in [7, 11) is 3.21. The molecule has 25 heavy (non-hydrogen) atoms. The van der Waals surface area contributed by atoms with E-state index in [1.165, 1.54) is 6.08 Å². The molecule has 1 amide bonds. The van der Waals surface area contributed by atoms with E-state index in [0.29, 0.717) is 18.0 Å². The van der Waals surface area contributed by atoms with Crippen LogP contribution in [0.15, 0.2) is 24.3 Å². The Morgan fingerprint density at radius 3 is 2.64 bits per heavy atom. The van der Waals surface area contributed by atoms with E-state index in [-0.39, 0.29) is 11.4 Å². The van der Waals surface area contributed by atoms with E-state index in [1.807, 2.05) is 18.2 Å². The lowest BCUT2D eigenvalue weighted by Crippen LogP contribution is -2.55. The van der Waals surface area contributed by atoms with Gasteiger partial charge in [0.1, 0.15) is 11.5 Å². The van der Waals surface area contributed by atoms with E-state index < -0.39 is 0 Å². The van der Waals surface area contributed by atoms with Gasteiger partial charge in [0.25, 0.3) is 0 Å². The number of ether oxygens (including phenoxy) is 3. The van der Waals surface area contributed by atoms with E-state index in [0.717, 1.165) is 31.9 Å². The number of carbonyl (C=O) groups is 1. The van der Waals surface area contributed by atoms with Gasteiger partial charge in [-0.25, -0.2) is 0 Å². The minimum Gasteiger partial charge on any atom is -0.497 e. The van der Waals surface area contributed by atoms with Crippen molar-refractivity contribution < 1.29 is 19.0 Å². The number of amides is 1. The molecule has 2 rings (SSSR count). The molecule has 0 spiro atoms. The molecule has 0 aliphatic carbocycles. The molecular weight excluding hydrogens is 320 g/mol. The molecule has 1 aliphatic heterocycles. The van der Waals surface area contributed by atoms with Gasteiger partial charge >= 0.3 is 0 Å². The van der Waals surface area contributed by atoms with Crippen LogP contribution in [0.1, 0.15) is 19.4 Å². The summed E-state index contributed by atoms with van der Waals surface area (Å²) < 4.78 is 15.9. The summed E-state index contributed by atoms with van der Waals surface area (Å²) in [5.41, 5.74) is 0.686. The maximum atomic E-state index is 12.2. The third-order valence-electron chi connectivity index (χ3n) is 4.41. The van der Waals surface area contributed by atoms with Crippen molar-refractivity contribution in [2.24, 2.45) is 0 Å². The molecule has 1 fully saturated rings. The van der Waals surface area contributed by atoms with Crippen molar-refractivity contribution in [2.75, 3.05) is 47.1 Å². The number of hydrogen-bond acceptors (Lipinski definition) is 5. The lowest BCUT2D eigenvalue weighted by atomic mass is 10.0. The summed E-state index contributed by atoms with van der Waals surface area (Å²) in [6, 6.07) is 5.47. The first kappa shape index (κ1) is 19.3. The summed E-state index contributed by atoms with van der Waals surface area (Å²) in [5, 5.41) is 2.98. The van der Waals surface area contributed by atoms with Crippen LogP contribution >= 0.6 is 0 Å². The number of carbonyl (C=O) groups excluding carboxylic acids is 1. The maximum absolute atomic E-state index is 12.2. The fourth-order valence-electron chi connectivity index (χ4n) is 2.78. The standard InChI is InChI=1S/C19H28N2O4/c1-19(2,21-9-11-25-12-10-21)14-20-18(22)8-5-15-13-16(23-3)6-7-17(15)24-4/h5-8,13H,9-12,14H2,1-4H3,(H,20,22)/b8-5+. The first-order chi connectivity index (χ1) is 12.0. The van der Waals surface area contributed by atoms with Gasteiger partial charge in [-0.3, -0.25) is 9.69 Å². The van der Waals surface area contributed by atoms with E-state index in [9.17, 15) is 4.79 Å². The van der Waals surface area contributed by atoms with Crippen molar-refractivity contribution >= 4 is 12.0 Å². The van der Waals surface area contributed by atoms with Crippen LogP contribution in [0, 0.1) is 0 Å². The molecule has 1 N–H and O–H groups in total. The topological polar surface area (TPSA) is 60.0 Å². The van der Waals surface area contributed by atoms with Crippen molar-refractivity contribution in [2.45, 2.75) is 19.4 Å². The largest absolute Gasteiger partial charge is 0.497 e. The highest BCUT2D eigenvalue weighted by atomic mass is 16.5. The molecule has 6 heteroatoms. The zero-order chi connectivity index (χ0) is 18.3. The van der Waals surface area contributed by atoms with Crippen LogP contribution in [0.4, 0.5) is 0 Å². The van der Waals surface area contributed by atoms with Gasteiger partial charge in [0.05, 0.1) is 27.4 Å². The molecule has 0 atom stereocenters. The Bertz CT molecular complexity index is 607. The van der Waals surface area contributed by atoms with Gasteiger partial charge in [0.15, 0.2) is 0 Å². The van der Waals surface area contributed by atoms with E-state index >= 15 is 0 Å². The lowest BCUT2D eigenvalue weighted by molar-refractivity contribution is -0.117. The van der Waals surface area contributed by atoms with Gasteiger partial charge in [-0.15, -0.1) is 0 Å². The minimum atomic E-state index is -0.133. The summed E-state index contributed by atoms with van der Waals surface area (Å²) in [4.78, 5) is 14.5. The fourth-order valence-corrected chi connectivity index (χ4v) is 2.78. The molecule has 0 bridgehead atoms. The summed E-state index contributed by atoms with van der Waals surface area (Å²) in [6.07, 6.45) is 3.26. The van der Waals surface area contributed by atoms with Crippen LogP contribution in [-0.4, -0.2) is 63.4 Å². The number of methoxy groups -OCH3 is 2. The molecule has 0 aromatic heterocycles. The Kier molecular flexibility index (Phi) is 6.84. The molecule has 1 aliphatic rings. The second-order valence-electron chi connectivity index (χ2n) is 6.57. The van der Waals surface area contributed by atoms with Crippen molar-refractivity contribution in [3.8, 4) is 11.5 Å². The molecule has 0 radical (unpaired) electrons. The van der Waals surface area contributed by atoms with Gasteiger partial charge in [-0.05, 0) is 38.1 Å². The van der Waals surface area contributed by atoms with Crippen LogP contribution in [0.3, 0.4) is 0 Å². The average Bonchev–Trinajstić information content (AvgIpc) is 2.65. The molecule has 1 aromatic rings. The normalized spacial score (nSPS) is 16.0. The third kappa shape index (κ3) is 5.47. The van der Waals surface area contributed by atoms with Crippen LogP contribution in [0.5, 0.6) is 11.5 Å². The number of nitrogens with one attached hydrogen (secondary N) is 1. The average molecular weight is 348 g/mol. The molecule has 0 saturated carbocycles. The van der Waals surface area contributed by atoms with Crippen LogP contribution in [0.25, 0.3) is 6.08 Å². The highest BCUT2D eigenvalue weighted by molar-refractivity contribution is 5.92. The van der Waals surface area contributed by atoms with Crippen molar-refractivity contribution in [3.63, 3.8) is 0 Å². The Balaban J connectivity index is 1.94. The van der Waals surface area contributed by atoms with E-state index in [4.69, 9.17) is 14.2 Å². The molecule has 6 nitrogen and oxygen atoms in total. The molecular formula is C19H28N2O4. The van der Waals surface area contributed by atoms with Gasteiger partial charge in [0, 0.05) is 36.8 Å². The Morgan fingerprint density at radius 2 is 2.00 bits per heavy atom. The molecule has 1 aromatic carbocycles. The highest BCUT2D eigenvalue weighted by Gasteiger charge is 2.28. The van der Waals surface area contributed by atoms with Gasteiger partial charge in [0.2, 0.25) is 5.91 Å². The second-order valence-corrected chi connectivity index (χ2v) is 6.57. The Hall–Kier alpha value is -2.05. The van der Waals surface area contributed by atoms with E-state index in [2.05, 4.69) is 24.1 Å². The second kappa shape index (κ2) is 8.87. The van der Waals surface area contributed by atoms with Gasteiger partial charge in [-0.1, -0.05) is 0 Å². The van der Waals surface area contributed by atoms with Crippen molar-refractivity contribution in [3.05, 3.63) is 29.8 Å². The molecule has 0 unspecified atom stereocenters. The SMILES string of the molecule is COc1ccc(OC)c(/C=C/C(=O)NCC(C)(C)N2CCOCC2)c1. The zero-order valence-electron chi connectivity index (χ0n) is 15.5. The lowest BCUT2D eigenvalue weighted by Gasteiger charge is -2.40. The van der Waals surface area contributed by atoms with Crippen LogP contribution in [-0.2, 0) is 9.53 Å². The van der Waals surface area contributed by atoms with Gasteiger partial charge in [-0.2, -0.15) is 0 Å². The number of benzene rings is 1. The summed E-state index contributed by atoms with van der Waals surface area (Å²) in [6.45, 7) is 8.10. The van der Waals surface area contributed by atoms with E-state index in [1.54, 1.807) is 20.3 Å². The Labute approximate surface area is 149 Å². The molecule has 1 heterocycles. The minimum absolute atomic E-state index is 0.110. The fraction of sp³-hybridized carbons (Fsp3) is 0.526. The highest BCUT2D eigenvalue weighted by Crippen LogP contribution is 2.25. The Morgan fingerprint density at radius 1 is 1.28 bits per heavy atom. The van der Waals surface area contributed by atoms with Crippen molar-refractivity contribution in [1.82, 2.24) is 10.2 Å². The summed E-state index contributed by atoms with van der Waals surface area (Å²) in [5.74, 6) is 1.28. The van der Waals surface area contributed by atoms with Gasteiger partial charge < -0.3 is 19.5 Å². The first-order valence-corrected chi connectivity index (χ1v) is 8.47. The zero-order valence-corrected chi connectivity index (χ0v) is 15.5. The molecule has 1 saturated heterocycles. The number of hydrogen-bond donors (Lipinski definition) is 1. The number of nitrogens with zero attached hydrogens (tertiary/aromatic N) is 1. The number of morpholine rings is 1. The quantitative estimate of drug-likeness (QED) is 0.763. The third-order valence-corrected chi connectivity index (χ3v) is 4.41. The smallest absolute Gasteiger partial charge is 0.244 e. The predicted octanol–water partition coefficient (Wildman–Crippen LogP) is 1.94. The van der Waals surface area contributed by atoms with Crippen LogP contribution in [0.2, 0.25) is 0 Å². The maximum Gasteiger partial charge on any atom is 0.244 e. The first-order valence-electron chi connectivity index (χ1n) is 8.47. The number of rotatable bonds is 7. The monoisotopic (exact) mass is 348 g/mol. The molecule has 138 valence electrons. The summed E-state index contributed by atoms with van der Waals surface area (Å²) >= 11 is 0. The predicted molar refractivity (Wildman–Crippen MR) is 98.1 cm³/mol. The van der Waals surface area contributed by atoms with Crippen LogP contribution < -0.4 is 14.8 Å².